The van der Waals surface area contributed by atoms with Crippen LogP contribution in [0.15, 0.2) is 17.8 Å². The van der Waals surface area contributed by atoms with Gasteiger partial charge < -0.3 is 0 Å². The zero-order valence-electron chi connectivity index (χ0n) is 6.84. The van der Waals surface area contributed by atoms with Crippen molar-refractivity contribution in [3.05, 3.63) is 29.0 Å². The SMILES string of the molecule is Cn1cc(C(=O)c2csnn2)cn1. The highest BCUT2D eigenvalue weighted by Gasteiger charge is 2.12. The van der Waals surface area contributed by atoms with Gasteiger partial charge in [0.05, 0.1) is 11.8 Å². The number of carbonyl (C=O) groups is 1. The average molecular weight is 194 g/mol. The number of aryl methyl sites for hydroxylation is 1. The van der Waals surface area contributed by atoms with Crippen molar-refractivity contribution in [2.24, 2.45) is 7.05 Å². The van der Waals surface area contributed by atoms with Crippen LogP contribution in [0, 0.1) is 0 Å². The molecular formula is C7H6N4OS. The van der Waals surface area contributed by atoms with E-state index in [1.807, 2.05) is 0 Å². The van der Waals surface area contributed by atoms with Gasteiger partial charge in [-0.3, -0.25) is 9.48 Å². The molecule has 0 radical (unpaired) electrons. The van der Waals surface area contributed by atoms with Crippen molar-refractivity contribution in [2.45, 2.75) is 0 Å². The van der Waals surface area contributed by atoms with E-state index in [0.29, 0.717) is 11.3 Å². The third kappa shape index (κ3) is 1.48. The second kappa shape index (κ2) is 3.06. The molecule has 0 aliphatic heterocycles. The standard InChI is InChI=1S/C7H6N4OS/c1-11-3-5(2-8-11)7(12)6-4-13-10-9-6/h2-4H,1H3. The van der Waals surface area contributed by atoms with Crippen molar-refractivity contribution in [1.82, 2.24) is 19.4 Å². The van der Waals surface area contributed by atoms with E-state index < -0.39 is 0 Å². The molecular weight excluding hydrogens is 188 g/mol. The van der Waals surface area contributed by atoms with Crippen LogP contribution in [0.1, 0.15) is 16.1 Å². The molecule has 0 amide bonds. The highest BCUT2D eigenvalue weighted by Crippen LogP contribution is 2.06. The molecule has 2 heterocycles. The highest BCUT2D eigenvalue weighted by atomic mass is 32.1. The van der Waals surface area contributed by atoms with Crippen molar-refractivity contribution >= 4 is 17.3 Å². The summed E-state index contributed by atoms with van der Waals surface area (Å²) >= 11 is 1.16. The van der Waals surface area contributed by atoms with E-state index in [0.717, 1.165) is 11.5 Å². The van der Waals surface area contributed by atoms with Gasteiger partial charge in [0.1, 0.15) is 5.69 Å². The first-order valence-electron chi connectivity index (χ1n) is 3.58. The van der Waals surface area contributed by atoms with Gasteiger partial charge in [0, 0.05) is 18.6 Å². The number of aromatic nitrogens is 4. The van der Waals surface area contributed by atoms with Crippen LogP contribution in [0.25, 0.3) is 0 Å². The molecule has 2 aromatic rings. The second-order valence-corrected chi connectivity index (χ2v) is 3.13. The van der Waals surface area contributed by atoms with E-state index in [4.69, 9.17) is 0 Å². The third-order valence-electron chi connectivity index (χ3n) is 1.56. The summed E-state index contributed by atoms with van der Waals surface area (Å²) in [6, 6.07) is 0. The number of hydrogen-bond donors (Lipinski definition) is 0. The fourth-order valence-electron chi connectivity index (χ4n) is 0.950. The lowest BCUT2D eigenvalue weighted by atomic mass is 10.2. The molecule has 0 bridgehead atoms. The first-order valence-corrected chi connectivity index (χ1v) is 4.41. The predicted octanol–water partition coefficient (Wildman–Crippen LogP) is 0.503. The van der Waals surface area contributed by atoms with Crippen molar-refractivity contribution in [1.29, 1.82) is 0 Å². The van der Waals surface area contributed by atoms with Gasteiger partial charge >= 0.3 is 0 Å². The zero-order chi connectivity index (χ0) is 9.26. The largest absolute Gasteiger partial charge is 0.287 e. The van der Waals surface area contributed by atoms with E-state index in [-0.39, 0.29) is 5.78 Å². The van der Waals surface area contributed by atoms with Crippen LogP contribution in [0.2, 0.25) is 0 Å². The predicted molar refractivity (Wildman–Crippen MR) is 46.5 cm³/mol. The minimum absolute atomic E-state index is 0.137. The number of ketones is 1. The minimum Gasteiger partial charge on any atom is -0.287 e. The Morgan fingerprint density at radius 1 is 1.62 bits per heavy atom. The Labute approximate surface area is 78.2 Å². The van der Waals surface area contributed by atoms with Gasteiger partial charge in [0.2, 0.25) is 5.78 Å². The molecule has 0 aromatic carbocycles. The molecule has 0 N–H and O–H groups in total. The lowest BCUT2D eigenvalue weighted by molar-refractivity contribution is 0.103. The van der Waals surface area contributed by atoms with Crippen LogP contribution >= 0.6 is 11.5 Å². The molecule has 0 saturated carbocycles. The third-order valence-corrected chi connectivity index (χ3v) is 2.06. The topological polar surface area (TPSA) is 60.7 Å². The molecule has 2 rings (SSSR count). The lowest BCUT2D eigenvalue weighted by Crippen LogP contribution is -2.00. The number of nitrogens with zero attached hydrogens (tertiary/aromatic N) is 4. The van der Waals surface area contributed by atoms with E-state index in [9.17, 15) is 4.79 Å². The van der Waals surface area contributed by atoms with Gasteiger partial charge in [-0.15, -0.1) is 5.10 Å². The monoisotopic (exact) mass is 194 g/mol. The van der Waals surface area contributed by atoms with Crippen LogP contribution in [-0.2, 0) is 7.05 Å². The maximum absolute atomic E-state index is 11.6. The van der Waals surface area contributed by atoms with E-state index >= 15 is 0 Å². The summed E-state index contributed by atoms with van der Waals surface area (Å²) in [5.41, 5.74) is 0.910. The van der Waals surface area contributed by atoms with Crippen molar-refractivity contribution in [2.75, 3.05) is 0 Å². The van der Waals surface area contributed by atoms with Crippen molar-refractivity contribution < 1.29 is 4.79 Å². The van der Waals surface area contributed by atoms with Crippen molar-refractivity contribution in [3.63, 3.8) is 0 Å². The van der Waals surface area contributed by atoms with Gasteiger partial charge in [0.25, 0.3) is 0 Å². The Hall–Kier alpha value is -1.56. The summed E-state index contributed by atoms with van der Waals surface area (Å²) in [7, 11) is 1.76. The number of rotatable bonds is 2. The summed E-state index contributed by atoms with van der Waals surface area (Å²) in [4.78, 5) is 11.6. The van der Waals surface area contributed by atoms with Crippen LogP contribution < -0.4 is 0 Å². The average Bonchev–Trinajstić information content (AvgIpc) is 2.72. The quantitative estimate of drug-likeness (QED) is 0.653. The molecule has 0 atom stereocenters. The molecule has 0 spiro atoms. The Balaban J connectivity index is 2.33. The van der Waals surface area contributed by atoms with Crippen LogP contribution in [0.4, 0.5) is 0 Å². The van der Waals surface area contributed by atoms with Gasteiger partial charge in [-0.05, 0) is 11.5 Å². The number of hydrogen-bond acceptors (Lipinski definition) is 5. The van der Waals surface area contributed by atoms with E-state index in [1.165, 1.54) is 6.20 Å². The maximum Gasteiger partial charge on any atom is 0.217 e. The molecule has 0 unspecified atom stereocenters. The summed E-state index contributed by atoms with van der Waals surface area (Å²) in [6.07, 6.45) is 3.17. The van der Waals surface area contributed by atoms with E-state index in [1.54, 1.807) is 23.3 Å². The Morgan fingerprint density at radius 2 is 2.46 bits per heavy atom. The molecule has 6 heteroatoms. The molecule has 0 fully saturated rings. The van der Waals surface area contributed by atoms with Gasteiger partial charge in [-0.25, -0.2) is 0 Å². The summed E-state index contributed by atoms with van der Waals surface area (Å²) < 4.78 is 5.20. The van der Waals surface area contributed by atoms with Crippen LogP contribution in [-0.4, -0.2) is 25.2 Å². The van der Waals surface area contributed by atoms with E-state index in [2.05, 4.69) is 14.7 Å². The molecule has 66 valence electrons. The maximum atomic E-state index is 11.6. The molecule has 0 saturated heterocycles. The molecule has 13 heavy (non-hydrogen) atoms. The smallest absolute Gasteiger partial charge is 0.217 e. The first kappa shape index (κ1) is 8.06. The number of carbonyl (C=O) groups excluding carboxylic acids is 1. The summed E-state index contributed by atoms with van der Waals surface area (Å²) in [5.74, 6) is -0.137. The summed E-state index contributed by atoms with van der Waals surface area (Å²) in [5, 5.41) is 9.20. The Kier molecular flexibility index (Phi) is 1.90. The van der Waals surface area contributed by atoms with Gasteiger partial charge in [-0.1, -0.05) is 4.49 Å². The van der Waals surface area contributed by atoms with Crippen molar-refractivity contribution in [3.8, 4) is 0 Å². The second-order valence-electron chi connectivity index (χ2n) is 2.52. The van der Waals surface area contributed by atoms with Gasteiger partial charge in [0.15, 0.2) is 0 Å². The zero-order valence-corrected chi connectivity index (χ0v) is 7.65. The lowest BCUT2D eigenvalue weighted by Gasteiger charge is -1.88. The van der Waals surface area contributed by atoms with Crippen LogP contribution in [0.5, 0.6) is 0 Å². The Bertz CT molecular complexity index is 419. The molecule has 0 aliphatic rings. The highest BCUT2D eigenvalue weighted by molar-refractivity contribution is 7.03. The molecule has 0 aliphatic carbocycles. The minimum atomic E-state index is -0.137. The van der Waals surface area contributed by atoms with Gasteiger partial charge in [-0.2, -0.15) is 5.10 Å². The van der Waals surface area contributed by atoms with Crippen LogP contribution in [0.3, 0.4) is 0 Å². The normalized spacial score (nSPS) is 10.2. The summed E-state index contributed by atoms with van der Waals surface area (Å²) in [6.45, 7) is 0. The fraction of sp³-hybridized carbons (Fsp3) is 0.143. The fourth-order valence-corrected chi connectivity index (χ4v) is 1.39. The molecule has 5 nitrogen and oxygen atoms in total. The molecule has 2 aromatic heterocycles. The Morgan fingerprint density at radius 3 is 3.00 bits per heavy atom. The first-order chi connectivity index (χ1) is 6.27.